The molecule has 1 saturated heterocycles. The number of aromatic nitrogens is 2. The highest BCUT2D eigenvalue weighted by atomic mass is 32.2. The zero-order valence-corrected chi connectivity index (χ0v) is 21.1. The van der Waals surface area contributed by atoms with Gasteiger partial charge in [0.15, 0.2) is 0 Å². The molecule has 1 amide bonds. The Morgan fingerprint density at radius 2 is 2.03 bits per heavy atom. The van der Waals surface area contributed by atoms with E-state index >= 15 is 0 Å². The van der Waals surface area contributed by atoms with Crippen LogP contribution in [0.25, 0.3) is 0 Å². The molecule has 33 heavy (non-hydrogen) atoms. The third-order valence-electron chi connectivity index (χ3n) is 5.83. The fourth-order valence-electron chi connectivity index (χ4n) is 3.59. The van der Waals surface area contributed by atoms with Crippen LogP contribution < -0.4 is 10.0 Å². The first kappa shape index (κ1) is 25.4. The number of hydrogen-bond acceptors (Lipinski definition) is 7. The Balaban J connectivity index is 1.47. The zero-order valence-electron chi connectivity index (χ0n) is 20.2. The van der Waals surface area contributed by atoms with Crippen molar-refractivity contribution in [3.05, 3.63) is 47.5 Å². The molecule has 0 saturated carbocycles. The van der Waals surface area contributed by atoms with Crippen molar-refractivity contribution in [3.8, 4) is 0 Å². The van der Waals surface area contributed by atoms with Crippen LogP contribution in [0.2, 0.25) is 0 Å². The number of carbonyl (C=O) groups excluding carboxylic acids is 1. The summed E-state index contributed by atoms with van der Waals surface area (Å²) in [7, 11) is 2.12. The molecule has 2 aromatic heterocycles. The molecule has 1 unspecified atom stereocenters. The zero-order chi connectivity index (χ0) is 24.2. The van der Waals surface area contributed by atoms with Gasteiger partial charge < -0.3 is 10.1 Å². The number of rotatable bonds is 8. The van der Waals surface area contributed by atoms with Gasteiger partial charge in [-0.3, -0.25) is 14.4 Å². The summed E-state index contributed by atoms with van der Waals surface area (Å²) in [6.45, 7) is 12.4. The number of pyridine rings is 2. The summed E-state index contributed by atoms with van der Waals surface area (Å²) in [4.78, 5) is 23.2. The van der Waals surface area contributed by atoms with Crippen LogP contribution in [0, 0.1) is 5.95 Å². The SMILES string of the molecule is CN1CC(OCCNc2cccc(SNC(=O)c3ccc(C(C)(C)C)nc3F)n2)CC1(C)C. The van der Waals surface area contributed by atoms with Crippen molar-refractivity contribution in [3.63, 3.8) is 0 Å². The molecule has 7 nitrogen and oxygen atoms in total. The molecule has 3 heterocycles. The van der Waals surface area contributed by atoms with E-state index in [1.807, 2.05) is 32.9 Å². The first-order valence-electron chi connectivity index (χ1n) is 11.1. The summed E-state index contributed by atoms with van der Waals surface area (Å²) in [6.07, 6.45) is 1.26. The topological polar surface area (TPSA) is 79.4 Å². The number of nitrogens with one attached hydrogen (secondary N) is 2. The lowest BCUT2D eigenvalue weighted by molar-refractivity contribution is 0.0677. The van der Waals surface area contributed by atoms with E-state index in [1.54, 1.807) is 12.1 Å². The second-order valence-corrected chi connectivity index (χ2v) is 10.8. The normalized spacial score (nSPS) is 18.3. The first-order chi connectivity index (χ1) is 15.5. The van der Waals surface area contributed by atoms with Gasteiger partial charge in [0.25, 0.3) is 5.91 Å². The van der Waals surface area contributed by atoms with Gasteiger partial charge in [0.2, 0.25) is 5.95 Å². The molecule has 1 aliphatic rings. The summed E-state index contributed by atoms with van der Waals surface area (Å²) < 4.78 is 23.0. The molecule has 0 aliphatic carbocycles. The minimum atomic E-state index is -0.777. The van der Waals surface area contributed by atoms with Crippen LogP contribution in [0.3, 0.4) is 0 Å². The number of amides is 1. The van der Waals surface area contributed by atoms with Crippen LogP contribution in [0.1, 0.15) is 57.1 Å². The Kier molecular flexibility index (Phi) is 7.97. The molecule has 1 atom stereocenters. The van der Waals surface area contributed by atoms with Crippen LogP contribution in [0.4, 0.5) is 10.2 Å². The Labute approximate surface area is 200 Å². The van der Waals surface area contributed by atoms with Gasteiger partial charge in [0.05, 0.1) is 18.3 Å². The lowest BCUT2D eigenvalue weighted by Crippen LogP contribution is -2.34. The van der Waals surface area contributed by atoms with Crippen molar-refractivity contribution in [2.24, 2.45) is 0 Å². The average molecular weight is 476 g/mol. The fraction of sp³-hybridized carbons (Fsp3) is 0.542. The molecule has 9 heteroatoms. The van der Waals surface area contributed by atoms with Gasteiger partial charge in [0.1, 0.15) is 10.8 Å². The largest absolute Gasteiger partial charge is 0.375 e. The van der Waals surface area contributed by atoms with Crippen LogP contribution >= 0.6 is 11.9 Å². The molecule has 1 aliphatic heterocycles. The molecule has 0 radical (unpaired) electrons. The van der Waals surface area contributed by atoms with E-state index in [-0.39, 0.29) is 22.6 Å². The second-order valence-electron chi connectivity index (χ2n) is 10.00. The van der Waals surface area contributed by atoms with Crippen LogP contribution in [-0.4, -0.2) is 59.2 Å². The number of hydrogen-bond donors (Lipinski definition) is 2. The van der Waals surface area contributed by atoms with Crippen LogP contribution in [0.5, 0.6) is 0 Å². The van der Waals surface area contributed by atoms with Gasteiger partial charge in [-0.05, 0) is 51.6 Å². The highest BCUT2D eigenvalue weighted by Crippen LogP contribution is 2.28. The van der Waals surface area contributed by atoms with Crippen molar-refractivity contribution in [2.75, 3.05) is 32.1 Å². The number of anilines is 1. The lowest BCUT2D eigenvalue weighted by Gasteiger charge is -2.26. The summed E-state index contributed by atoms with van der Waals surface area (Å²) in [5.41, 5.74) is 0.375. The Morgan fingerprint density at radius 3 is 2.67 bits per heavy atom. The maximum Gasteiger partial charge on any atom is 0.266 e. The van der Waals surface area contributed by atoms with Crippen LogP contribution in [-0.2, 0) is 10.2 Å². The third kappa shape index (κ3) is 6.88. The van der Waals surface area contributed by atoms with E-state index in [4.69, 9.17) is 4.74 Å². The molecule has 180 valence electrons. The fourth-order valence-corrected chi connectivity index (χ4v) is 4.19. The van der Waals surface area contributed by atoms with E-state index in [0.29, 0.717) is 29.7 Å². The number of nitrogens with zero attached hydrogens (tertiary/aromatic N) is 3. The summed E-state index contributed by atoms with van der Waals surface area (Å²) in [6, 6.07) is 8.62. The lowest BCUT2D eigenvalue weighted by atomic mass is 9.91. The van der Waals surface area contributed by atoms with Gasteiger partial charge in [-0.15, -0.1) is 0 Å². The number of halogens is 1. The summed E-state index contributed by atoms with van der Waals surface area (Å²) in [5, 5.41) is 3.83. The maximum absolute atomic E-state index is 14.3. The van der Waals surface area contributed by atoms with E-state index in [0.717, 1.165) is 24.9 Å². The third-order valence-corrected chi connectivity index (χ3v) is 6.56. The smallest absolute Gasteiger partial charge is 0.266 e. The molecule has 2 aromatic rings. The molecule has 2 N–H and O–H groups in total. The second kappa shape index (κ2) is 10.4. The quantitative estimate of drug-likeness (QED) is 0.335. The number of likely N-dealkylation sites (tertiary alicyclic amines) is 1. The van der Waals surface area contributed by atoms with E-state index in [1.165, 1.54) is 6.07 Å². The highest BCUT2D eigenvalue weighted by molar-refractivity contribution is 7.97. The standard InChI is InChI=1S/C24H34FN5O2S/c1-23(2,3)18-11-10-17(21(25)27-18)22(31)29-33-20-9-7-8-19(28-20)26-12-13-32-16-14-24(4,5)30(6)15-16/h7-11,16H,12-15H2,1-6H3,(H,26,28)(H,29,31). The van der Waals surface area contributed by atoms with Crippen molar-refractivity contribution in [1.82, 2.24) is 19.6 Å². The summed E-state index contributed by atoms with van der Waals surface area (Å²) in [5.74, 6) is -0.645. The van der Waals surface area contributed by atoms with Gasteiger partial charge in [-0.25, -0.2) is 9.97 Å². The first-order valence-corrected chi connectivity index (χ1v) is 12.0. The van der Waals surface area contributed by atoms with Gasteiger partial charge in [0, 0.05) is 41.7 Å². The number of likely N-dealkylation sites (N-methyl/N-ethyl adjacent to an activating group) is 1. The predicted octanol–water partition coefficient (Wildman–Crippen LogP) is 4.26. The van der Waals surface area contributed by atoms with E-state index < -0.39 is 11.9 Å². The molecule has 0 spiro atoms. The summed E-state index contributed by atoms with van der Waals surface area (Å²) >= 11 is 1.03. The van der Waals surface area contributed by atoms with Gasteiger partial charge in [-0.1, -0.05) is 26.8 Å². The number of ether oxygens (including phenoxy) is 1. The molecule has 0 aromatic carbocycles. The minimum Gasteiger partial charge on any atom is -0.375 e. The number of carbonyl (C=O) groups is 1. The predicted molar refractivity (Wildman–Crippen MR) is 130 cm³/mol. The van der Waals surface area contributed by atoms with Crippen molar-refractivity contribution >= 4 is 23.7 Å². The monoisotopic (exact) mass is 475 g/mol. The van der Waals surface area contributed by atoms with E-state index in [2.05, 4.69) is 45.8 Å². The average Bonchev–Trinajstić information content (AvgIpc) is 3.00. The Morgan fingerprint density at radius 1 is 1.27 bits per heavy atom. The highest BCUT2D eigenvalue weighted by Gasteiger charge is 2.36. The van der Waals surface area contributed by atoms with E-state index in [9.17, 15) is 9.18 Å². The Hall–Kier alpha value is -2.23. The Bertz CT molecular complexity index is 980. The maximum atomic E-state index is 14.3. The minimum absolute atomic E-state index is 0.0948. The molecule has 3 rings (SSSR count). The van der Waals surface area contributed by atoms with Crippen LogP contribution in [0.15, 0.2) is 35.4 Å². The molecule has 0 bridgehead atoms. The molecular formula is C24H34FN5O2S. The van der Waals surface area contributed by atoms with Crippen molar-refractivity contribution in [2.45, 2.75) is 63.1 Å². The molecular weight excluding hydrogens is 441 g/mol. The van der Waals surface area contributed by atoms with Gasteiger partial charge >= 0.3 is 0 Å². The van der Waals surface area contributed by atoms with Gasteiger partial charge in [-0.2, -0.15) is 4.39 Å². The van der Waals surface area contributed by atoms with Crippen molar-refractivity contribution in [1.29, 1.82) is 0 Å². The molecule has 1 fully saturated rings. The van der Waals surface area contributed by atoms with Crippen molar-refractivity contribution < 1.29 is 13.9 Å².